The topological polar surface area (TPSA) is 321 Å². The number of anilines is 1. The maximum Gasteiger partial charge on any atom is 0.407 e. The van der Waals surface area contributed by atoms with Gasteiger partial charge in [0.05, 0.1) is 69.6 Å². The quantitative estimate of drug-likeness (QED) is 0.0167. The van der Waals surface area contributed by atoms with Gasteiger partial charge in [0.2, 0.25) is 36.0 Å². The number of benzene rings is 4. The number of hydrogen-bond acceptors (Lipinski definition) is 21. The van der Waals surface area contributed by atoms with Crippen LogP contribution in [0.15, 0.2) is 109 Å². The highest BCUT2D eigenvalue weighted by Crippen LogP contribution is 2.45. The second kappa shape index (κ2) is 38.6. The van der Waals surface area contributed by atoms with Crippen LogP contribution in [0.1, 0.15) is 141 Å². The average Bonchev–Trinajstić information content (AvgIpc) is 1.46. The molecule has 27 nitrogen and oxygen atoms in total. The number of thiazole rings is 1. The van der Waals surface area contributed by atoms with Gasteiger partial charge in [-0.3, -0.25) is 38.4 Å². The van der Waals surface area contributed by atoms with E-state index in [2.05, 4.69) is 26.3 Å². The fourth-order valence-corrected chi connectivity index (χ4v) is 16.0. The van der Waals surface area contributed by atoms with Gasteiger partial charge in [-0.25, -0.2) is 14.6 Å². The molecule has 5 aromatic rings. The van der Waals surface area contributed by atoms with E-state index in [9.17, 15) is 38.4 Å². The third kappa shape index (κ3) is 21.1. The van der Waals surface area contributed by atoms with Crippen LogP contribution in [0, 0.1) is 23.7 Å². The number of ether oxygens (including phenoxy) is 9. The molecule has 108 heavy (non-hydrogen) atoms. The molecule has 0 saturated carbocycles. The number of aromatic nitrogens is 1. The van der Waals surface area contributed by atoms with Crippen LogP contribution < -0.4 is 26.0 Å². The van der Waals surface area contributed by atoms with Crippen LogP contribution in [-0.4, -0.2) is 208 Å². The van der Waals surface area contributed by atoms with Gasteiger partial charge in [-0.2, -0.15) is 0 Å². The second-order valence-electron chi connectivity index (χ2n) is 29.2. The van der Waals surface area contributed by atoms with Crippen molar-refractivity contribution in [2.24, 2.45) is 23.7 Å². The van der Waals surface area contributed by atoms with Crippen LogP contribution in [0.5, 0.6) is 5.75 Å². The summed E-state index contributed by atoms with van der Waals surface area (Å²) < 4.78 is 52.3. The number of likely N-dealkylation sites (N-methyl/N-ethyl adjacent to an activating group) is 2. The molecular weight excluding hydrogens is 1410 g/mol. The Kier molecular flexibility index (Phi) is 30.2. The fraction of sp³-hybridized carbons (Fsp3) is 0.537. The van der Waals surface area contributed by atoms with Crippen LogP contribution in [0.3, 0.4) is 0 Å². The SMILES string of the molecule is CC[C@H](C)[C@@H]([C@@H](CC(=O)N1CCC[C@H]1[C@H](OC)[C@@H](C)C(=O)N[C@@H](Cc1ccccc1)c1nccs1)OC)N(C)C(=O)[C@@H](NC(=O)[C@H](C(C)C)[N+](C)(C)Cc1ccc(O[C@@H]2O[C@H](C(=O)OC)[C@@H](OC(C)=O)[C@H](OC(C)=O)[C@H]2OC(C)=O)c(NC(=O)CCNC(=O)OCC2c3ccccc3-c3ccccc32)c1)C(C)C. The number of esters is 4. The molecule has 2 aliphatic heterocycles. The van der Waals surface area contributed by atoms with Gasteiger partial charge in [0.15, 0.2) is 24.4 Å². The van der Waals surface area contributed by atoms with Gasteiger partial charge in [0.1, 0.15) is 30.0 Å². The van der Waals surface area contributed by atoms with E-state index in [-0.39, 0.29) is 84.1 Å². The highest BCUT2D eigenvalue weighted by molar-refractivity contribution is 7.09. The van der Waals surface area contributed by atoms with Crippen LogP contribution in [0.2, 0.25) is 0 Å². The Hall–Kier alpha value is -9.35. The fourth-order valence-electron chi connectivity index (χ4n) is 15.3. The average molecular weight is 1520 g/mol. The molecule has 6 amide bonds. The molecule has 0 radical (unpaired) electrons. The molecule has 586 valence electrons. The van der Waals surface area contributed by atoms with Crippen molar-refractivity contribution < 1.29 is 95.1 Å². The number of methoxy groups -OCH3 is 3. The predicted molar refractivity (Wildman–Crippen MR) is 401 cm³/mol. The summed E-state index contributed by atoms with van der Waals surface area (Å²) in [7, 11) is 9.50. The van der Waals surface area contributed by atoms with E-state index in [4.69, 9.17) is 42.6 Å². The summed E-state index contributed by atoms with van der Waals surface area (Å²) in [6, 6.07) is 27.0. The highest BCUT2D eigenvalue weighted by atomic mass is 32.1. The lowest BCUT2D eigenvalue weighted by Crippen LogP contribution is -2.64. The minimum atomic E-state index is -1.82. The molecule has 4 aromatic carbocycles. The van der Waals surface area contributed by atoms with Crippen molar-refractivity contribution in [3.8, 4) is 16.9 Å². The monoisotopic (exact) mass is 1520 g/mol. The molecule has 4 N–H and O–H groups in total. The summed E-state index contributed by atoms with van der Waals surface area (Å²) in [6.07, 6.45) is -7.18. The largest absolute Gasteiger partial charge is 0.467 e. The smallest absolute Gasteiger partial charge is 0.407 e. The van der Waals surface area contributed by atoms with Crippen LogP contribution in [0.25, 0.3) is 11.1 Å². The Morgan fingerprint density at radius 2 is 1.37 bits per heavy atom. The number of nitrogens with one attached hydrogen (secondary N) is 4. The van der Waals surface area contributed by atoms with E-state index in [1.165, 1.54) is 24.5 Å². The van der Waals surface area contributed by atoms with Gasteiger partial charge in [0, 0.05) is 90.5 Å². The van der Waals surface area contributed by atoms with E-state index in [0.29, 0.717) is 37.8 Å². The molecule has 0 bridgehead atoms. The van der Waals surface area contributed by atoms with Crippen molar-refractivity contribution in [1.82, 2.24) is 30.7 Å². The van der Waals surface area contributed by atoms with E-state index in [1.54, 1.807) is 42.3 Å². The number of likely N-dealkylation sites (tertiary alicyclic amines) is 1. The maximum atomic E-state index is 15.3. The van der Waals surface area contributed by atoms with Crippen LogP contribution in [0.4, 0.5) is 10.5 Å². The van der Waals surface area contributed by atoms with Gasteiger partial charge in [-0.1, -0.05) is 134 Å². The van der Waals surface area contributed by atoms with Crippen molar-refractivity contribution in [2.45, 2.75) is 193 Å². The number of hydrogen-bond donors (Lipinski definition) is 4. The second-order valence-corrected chi connectivity index (χ2v) is 30.2. The molecule has 2 fully saturated rings. The van der Waals surface area contributed by atoms with E-state index < -0.39 is 127 Å². The zero-order valence-electron chi connectivity index (χ0n) is 64.7. The van der Waals surface area contributed by atoms with Gasteiger partial charge >= 0.3 is 30.0 Å². The number of alkyl carbamates (subject to hydrolysis) is 1. The third-order valence-corrected chi connectivity index (χ3v) is 21.3. The summed E-state index contributed by atoms with van der Waals surface area (Å²) in [5.41, 5.74) is 5.73. The summed E-state index contributed by atoms with van der Waals surface area (Å²) in [6.45, 7) is 16.8. The van der Waals surface area contributed by atoms with Gasteiger partial charge in [-0.05, 0) is 77.1 Å². The van der Waals surface area contributed by atoms with Gasteiger partial charge < -0.3 is 78.2 Å². The Balaban J connectivity index is 0.998. The first-order valence-electron chi connectivity index (χ1n) is 36.8. The minimum Gasteiger partial charge on any atom is -0.467 e. The molecule has 8 rings (SSSR count). The molecule has 28 heteroatoms. The van der Waals surface area contributed by atoms with E-state index >= 15 is 9.59 Å². The minimum absolute atomic E-state index is 0.000686. The molecule has 1 aliphatic carbocycles. The molecule has 2 saturated heterocycles. The zero-order valence-corrected chi connectivity index (χ0v) is 65.5. The van der Waals surface area contributed by atoms with E-state index in [0.717, 1.165) is 60.7 Å². The van der Waals surface area contributed by atoms with E-state index in [1.807, 2.05) is 147 Å². The number of nitrogens with zero attached hydrogens (tertiary/aromatic N) is 4. The first kappa shape index (κ1) is 84.3. The summed E-state index contributed by atoms with van der Waals surface area (Å²) >= 11 is 1.46. The van der Waals surface area contributed by atoms with Crippen molar-refractivity contribution >= 4 is 76.5 Å². The Morgan fingerprint density at radius 1 is 0.741 bits per heavy atom. The normalized spacial score (nSPS) is 19.9. The van der Waals surface area contributed by atoms with Crippen molar-refractivity contribution in [3.63, 3.8) is 0 Å². The first-order valence-corrected chi connectivity index (χ1v) is 37.7. The number of amides is 6. The molecule has 1 aromatic heterocycles. The molecule has 14 atom stereocenters. The summed E-state index contributed by atoms with van der Waals surface area (Å²) in [5, 5.41) is 14.5. The standard InChI is InChI=1S/C80H106N8O19S/c1-17-47(6)67(63(99-14)42-65(93)87-38-25-32-61(87)69(100-15)48(7)74(94)84-60(76-81-37-39-108-76)40-52-26-19-18-20-27-52)86(11)77(96)66(45(2)3)85-75(95)68(46(4)5)88(12,13)43-53-33-34-62(106-79-73(105-51(10)91)71(104-50(9)90)70(103-49(8)89)72(107-79)78(97)101-16)59(41-53)83-64(92)35-36-82-80(98)102-44-58-56-30-23-21-28-54(56)55-29-22-24-31-57(55)58/h18-24,26-31,33-34,37,39,41,45-48,58,60-61,63,66-73,79H,17,25,32,35-36,38,40,42-44H2,1-16H3,(H3-,82,83,84,85,92,94,95,98)/p+1/t47-,48+,60-,61-,63+,66-,67-,68-,69+,70-,71-,72-,73+,79+/m0/s1. The van der Waals surface area contributed by atoms with Crippen molar-refractivity contribution in [1.29, 1.82) is 0 Å². The Bertz CT molecular complexity index is 3890. The lowest BCUT2D eigenvalue weighted by molar-refractivity contribution is -0.922. The zero-order chi connectivity index (χ0) is 78.8. The lowest BCUT2D eigenvalue weighted by atomic mass is 9.89. The molecule has 0 spiro atoms. The number of carbonyl (C=O) groups excluding carboxylic acids is 10. The number of fused-ring (bicyclic) bond motifs is 3. The first-order chi connectivity index (χ1) is 51.4. The predicted octanol–water partition coefficient (Wildman–Crippen LogP) is 8.84. The lowest BCUT2D eigenvalue weighted by Gasteiger charge is -2.43. The maximum absolute atomic E-state index is 15.3. The van der Waals surface area contributed by atoms with Crippen LogP contribution >= 0.6 is 11.3 Å². The van der Waals surface area contributed by atoms with Gasteiger partial charge in [-0.15, -0.1) is 11.3 Å². The number of rotatable bonds is 35. The third-order valence-electron chi connectivity index (χ3n) is 20.4. The molecular formula is C80H107N8O19S+. The molecule has 3 heterocycles. The Morgan fingerprint density at radius 3 is 1.95 bits per heavy atom. The van der Waals surface area contributed by atoms with Crippen molar-refractivity contribution in [3.05, 3.63) is 136 Å². The summed E-state index contributed by atoms with van der Waals surface area (Å²) in [4.78, 5) is 147. The Labute approximate surface area is 636 Å². The molecule has 0 unspecified atom stereocenters. The number of carbonyl (C=O) groups is 10. The highest BCUT2D eigenvalue weighted by Gasteiger charge is 2.56. The molecule has 3 aliphatic rings. The van der Waals surface area contributed by atoms with Crippen molar-refractivity contribution in [2.75, 3.05) is 67.5 Å². The number of quaternary nitrogens is 1. The van der Waals surface area contributed by atoms with Gasteiger partial charge in [0.25, 0.3) is 5.91 Å². The van der Waals surface area contributed by atoms with Crippen LogP contribution in [-0.2, 0) is 94.0 Å². The summed E-state index contributed by atoms with van der Waals surface area (Å²) in [5.74, 6) is -7.67.